The average molecular weight is 651 g/mol. The topological polar surface area (TPSA) is 93.2 Å². The van der Waals surface area contributed by atoms with Crippen LogP contribution in [-0.4, -0.2) is 65.8 Å². The molecule has 1 saturated heterocycles. The summed E-state index contributed by atoms with van der Waals surface area (Å²) < 4.78 is 46.6. The zero-order valence-corrected chi connectivity index (χ0v) is 26.7. The molecule has 1 aliphatic rings. The monoisotopic (exact) mass is 650 g/mol. The molecular weight excluding hydrogens is 614 g/mol. The molecule has 9 nitrogen and oxygen atoms in total. The fourth-order valence-corrected chi connectivity index (χ4v) is 6.32. The Morgan fingerprint density at radius 1 is 1.04 bits per heavy atom. The number of pyridine rings is 1. The van der Waals surface area contributed by atoms with Crippen LogP contribution in [0.5, 0.6) is 23.0 Å². The second-order valence-electron chi connectivity index (χ2n) is 10.6. The second-order valence-corrected chi connectivity index (χ2v) is 11.6. The number of amides is 2. The van der Waals surface area contributed by atoms with Gasteiger partial charge < -0.3 is 19.1 Å². The van der Waals surface area contributed by atoms with Crippen molar-refractivity contribution in [3.05, 3.63) is 89.6 Å². The molecule has 5 rings (SSSR count). The van der Waals surface area contributed by atoms with E-state index < -0.39 is 28.8 Å². The smallest absolute Gasteiger partial charge is 0.252 e. The quantitative estimate of drug-likeness (QED) is 0.160. The van der Waals surface area contributed by atoms with Crippen LogP contribution in [0.1, 0.15) is 36.8 Å². The first-order valence-electron chi connectivity index (χ1n) is 15.1. The normalized spacial score (nSPS) is 14.6. The minimum atomic E-state index is -0.998. The Morgan fingerprint density at radius 2 is 1.78 bits per heavy atom. The number of hydrogen-bond donors (Lipinski definition) is 1. The highest BCUT2D eigenvalue weighted by Gasteiger charge is 2.37. The van der Waals surface area contributed by atoms with Crippen LogP contribution in [0.2, 0.25) is 0 Å². The second kappa shape index (κ2) is 15.2. The third-order valence-electron chi connectivity index (χ3n) is 7.63. The van der Waals surface area contributed by atoms with Crippen molar-refractivity contribution in [3.63, 3.8) is 0 Å². The SMILES string of the molecule is CCN(CC)CCCOc1cc2nccc(Oc3ccc(CC(=O)NN4C(=O)CSC4c4c(F)cccc4F)cc3)c2cc1OC. The minimum absolute atomic E-state index is 0.00833. The van der Waals surface area contributed by atoms with Crippen LogP contribution in [0.3, 0.4) is 0 Å². The third kappa shape index (κ3) is 7.68. The van der Waals surface area contributed by atoms with Gasteiger partial charge in [-0.1, -0.05) is 32.0 Å². The predicted octanol–water partition coefficient (Wildman–Crippen LogP) is 6.27. The number of thioether (sulfide) groups is 1. The fraction of sp³-hybridized carbons (Fsp3) is 0.324. The van der Waals surface area contributed by atoms with E-state index in [1.54, 1.807) is 43.6 Å². The maximum atomic E-state index is 14.4. The molecule has 1 N–H and O–H groups in total. The highest BCUT2D eigenvalue weighted by molar-refractivity contribution is 8.00. The van der Waals surface area contributed by atoms with Crippen molar-refractivity contribution in [2.75, 3.05) is 39.1 Å². The number of ether oxygens (including phenoxy) is 3. The van der Waals surface area contributed by atoms with Gasteiger partial charge >= 0.3 is 0 Å². The lowest BCUT2D eigenvalue weighted by atomic mass is 10.1. The number of halogens is 2. The van der Waals surface area contributed by atoms with Gasteiger partial charge in [0.1, 0.15) is 28.5 Å². The van der Waals surface area contributed by atoms with Gasteiger partial charge in [0.15, 0.2) is 11.5 Å². The average Bonchev–Trinajstić information content (AvgIpc) is 3.40. The molecule has 1 aromatic heterocycles. The van der Waals surface area contributed by atoms with Crippen LogP contribution in [-0.2, 0) is 16.0 Å². The van der Waals surface area contributed by atoms with Crippen molar-refractivity contribution in [2.45, 2.75) is 32.1 Å². The molecule has 0 spiro atoms. The molecule has 4 aromatic rings. The van der Waals surface area contributed by atoms with Crippen LogP contribution in [0.15, 0.2) is 66.9 Å². The van der Waals surface area contributed by atoms with Crippen LogP contribution in [0.4, 0.5) is 8.78 Å². The van der Waals surface area contributed by atoms with Gasteiger partial charge in [-0.05, 0) is 61.5 Å². The summed E-state index contributed by atoms with van der Waals surface area (Å²) in [7, 11) is 1.59. The molecule has 1 unspecified atom stereocenters. The van der Waals surface area contributed by atoms with Gasteiger partial charge in [0, 0.05) is 24.2 Å². The van der Waals surface area contributed by atoms with Gasteiger partial charge in [-0.15, -0.1) is 11.8 Å². The van der Waals surface area contributed by atoms with Gasteiger partial charge in [0.2, 0.25) is 5.91 Å². The molecule has 0 aliphatic carbocycles. The van der Waals surface area contributed by atoms with Gasteiger partial charge in [-0.2, -0.15) is 0 Å². The molecule has 1 aliphatic heterocycles. The Balaban J connectivity index is 1.22. The van der Waals surface area contributed by atoms with E-state index in [-0.39, 0.29) is 17.7 Å². The van der Waals surface area contributed by atoms with E-state index in [1.807, 2.05) is 12.1 Å². The Kier molecular flexibility index (Phi) is 10.9. The summed E-state index contributed by atoms with van der Waals surface area (Å²) in [6.07, 6.45) is 2.49. The first-order valence-corrected chi connectivity index (χ1v) is 16.1. The van der Waals surface area contributed by atoms with Gasteiger partial charge in [-0.3, -0.25) is 20.0 Å². The van der Waals surface area contributed by atoms with E-state index in [9.17, 15) is 18.4 Å². The molecule has 3 aromatic carbocycles. The molecule has 0 saturated carbocycles. The van der Waals surface area contributed by atoms with Crippen molar-refractivity contribution < 1.29 is 32.6 Å². The molecule has 1 fully saturated rings. The number of nitrogens with zero attached hydrogens (tertiary/aromatic N) is 3. The fourth-order valence-electron chi connectivity index (χ4n) is 5.17. The van der Waals surface area contributed by atoms with Crippen molar-refractivity contribution in [2.24, 2.45) is 0 Å². The van der Waals surface area contributed by atoms with Crippen LogP contribution >= 0.6 is 11.8 Å². The van der Waals surface area contributed by atoms with E-state index in [0.29, 0.717) is 40.7 Å². The third-order valence-corrected chi connectivity index (χ3v) is 8.81. The number of nitrogens with one attached hydrogen (secondary N) is 1. The number of rotatable bonds is 14. The first-order chi connectivity index (χ1) is 22.3. The van der Waals surface area contributed by atoms with Crippen LogP contribution in [0.25, 0.3) is 10.9 Å². The summed E-state index contributed by atoms with van der Waals surface area (Å²) >= 11 is 1.05. The number of carbonyl (C=O) groups is 2. The molecule has 0 bridgehead atoms. The largest absolute Gasteiger partial charge is 0.493 e. The number of methoxy groups -OCH3 is 1. The van der Waals surface area contributed by atoms with Gasteiger partial charge in [0.05, 0.1) is 37.0 Å². The summed E-state index contributed by atoms with van der Waals surface area (Å²) in [5.41, 5.74) is 3.60. The van der Waals surface area contributed by atoms with Crippen molar-refractivity contribution >= 4 is 34.5 Å². The van der Waals surface area contributed by atoms with Gasteiger partial charge in [-0.25, -0.2) is 13.8 Å². The standard InChI is InChI=1S/C34H36F2N4O5S/c1-4-39(5-2)16-7-17-44-30-20-27-24(19-29(30)43-3)28(14-15-37-27)45-23-12-10-22(11-13-23)18-31(41)38-40-32(42)21-46-34(40)33-25(35)8-6-9-26(33)36/h6,8-15,19-20,34H,4-5,7,16-18,21H2,1-3H3,(H,38,41). The zero-order chi connectivity index (χ0) is 32.6. The lowest BCUT2D eigenvalue weighted by molar-refractivity contribution is -0.139. The molecule has 46 heavy (non-hydrogen) atoms. The molecular formula is C34H36F2N4O5S. The maximum Gasteiger partial charge on any atom is 0.252 e. The summed E-state index contributed by atoms with van der Waals surface area (Å²) in [4.78, 5) is 32.1. The van der Waals surface area contributed by atoms with Crippen LogP contribution in [0, 0.1) is 11.6 Å². The molecule has 2 amide bonds. The van der Waals surface area contributed by atoms with E-state index >= 15 is 0 Å². The lowest BCUT2D eigenvalue weighted by Gasteiger charge is -2.25. The zero-order valence-electron chi connectivity index (χ0n) is 25.9. The Labute approximate surface area is 270 Å². The summed E-state index contributed by atoms with van der Waals surface area (Å²) in [5, 5.41) is 0.743. The Bertz CT molecular complexity index is 1670. The minimum Gasteiger partial charge on any atom is -0.493 e. The van der Waals surface area contributed by atoms with Crippen molar-refractivity contribution in [1.82, 2.24) is 20.3 Å². The summed E-state index contributed by atoms with van der Waals surface area (Å²) in [6, 6.07) is 15.9. The first kappa shape index (κ1) is 33.0. The highest BCUT2D eigenvalue weighted by atomic mass is 32.2. The van der Waals surface area contributed by atoms with E-state index in [0.717, 1.165) is 60.3 Å². The number of carbonyl (C=O) groups excluding carboxylic acids is 2. The molecule has 0 radical (unpaired) electrons. The summed E-state index contributed by atoms with van der Waals surface area (Å²) in [5.74, 6) is -0.214. The molecule has 2 heterocycles. The molecule has 1 atom stereocenters. The number of hydrogen-bond acceptors (Lipinski definition) is 8. The number of fused-ring (bicyclic) bond motifs is 1. The van der Waals surface area contributed by atoms with Crippen molar-refractivity contribution in [3.8, 4) is 23.0 Å². The molecule has 242 valence electrons. The van der Waals surface area contributed by atoms with Gasteiger partial charge in [0.25, 0.3) is 5.91 Å². The van der Waals surface area contributed by atoms with Crippen LogP contribution < -0.4 is 19.6 Å². The molecule has 12 heteroatoms. The predicted molar refractivity (Wildman–Crippen MR) is 173 cm³/mol. The van der Waals surface area contributed by atoms with E-state index in [4.69, 9.17) is 14.2 Å². The van der Waals surface area contributed by atoms with Crippen molar-refractivity contribution in [1.29, 1.82) is 0 Å². The summed E-state index contributed by atoms with van der Waals surface area (Å²) in [6.45, 7) is 7.80. The number of hydrazine groups is 1. The lowest BCUT2D eigenvalue weighted by Crippen LogP contribution is -2.45. The highest BCUT2D eigenvalue weighted by Crippen LogP contribution is 2.40. The Hall–Kier alpha value is -4.42. The number of aromatic nitrogens is 1. The number of benzene rings is 3. The maximum absolute atomic E-state index is 14.4. The Morgan fingerprint density at radius 3 is 2.48 bits per heavy atom. The van der Waals surface area contributed by atoms with E-state index in [1.165, 1.54) is 6.07 Å². The van der Waals surface area contributed by atoms with E-state index in [2.05, 4.69) is 29.2 Å².